The van der Waals surface area contributed by atoms with Gasteiger partial charge in [-0.1, -0.05) is 32.0 Å². The van der Waals surface area contributed by atoms with Gasteiger partial charge < -0.3 is 9.84 Å². The van der Waals surface area contributed by atoms with E-state index in [0.29, 0.717) is 12.5 Å². The first kappa shape index (κ1) is 13.9. The van der Waals surface area contributed by atoms with E-state index in [1.165, 1.54) is 5.56 Å². The van der Waals surface area contributed by atoms with Crippen LogP contribution in [0.15, 0.2) is 24.3 Å². The van der Waals surface area contributed by atoms with Crippen molar-refractivity contribution in [2.75, 3.05) is 26.2 Å². The van der Waals surface area contributed by atoms with Crippen LogP contribution in [-0.2, 0) is 4.79 Å². The van der Waals surface area contributed by atoms with Crippen LogP contribution in [0.25, 0.3) is 0 Å². The highest BCUT2D eigenvalue weighted by atomic mass is 16.5. The molecule has 1 aromatic carbocycles. The number of hydrogen-bond acceptors (Lipinski definition) is 3. The third-order valence-electron chi connectivity index (χ3n) is 3.26. The van der Waals surface area contributed by atoms with Crippen LogP contribution in [0.3, 0.4) is 0 Å². The van der Waals surface area contributed by atoms with E-state index in [0.717, 1.165) is 18.8 Å². The summed E-state index contributed by atoms with van der Waals surface area (Å²) in [6.45, 7) is 6.48. The number of hydrogen-bond donors (Lipinski definition) is 1. The lowest BCUT2D eigenvalue weighted by atomic mass is 10.0. The van der Waals surface area contributed by atoms with Gasteiger partial charge in [0.15, 0.2) is 0 Å². The third-order valence-corrected chi connectivity index (χ3v) is 3.26. The standard InChI is InChI=1S/C15H21NO3/c1-11(2)7-16(9-15(17)18)8-12-10-19-14-6-4-3-5-13(12)14/h3-6,11-12H,7-10H2,1-2H3,(H,17,18). The fraction of sp³-hybridized carbons (Fsp3) is 0.533. The first-order valence-electron chi connectivity index (χ1n) is 6.72. The molecule has 0 amide bonds. The molecule has 0 saturated heterocycles. The summed E-state index contributed by atoms with van der Waals surface area (Å²) in [6, 6.07) is 8.01. The summed E-state index contributed by atoms with van der Waals surface area (Å²) < 4.78 is 5.65. The lowest BCUT2D eigenvalue weighted by Gasteiger charge is -2.25. The lowest BCUT2D eigenvalue weighted by molar-refractivity contribution is -0.138. The number of carboxylic acids is 1. The summed E-state index contributed by atoms with van der Waals surface area (Å²) in [5.74, 6) is 0.895. The van der Waals surface area contributed by atoms with Crippen LogP contribution in [0.1, 0.15) is 25.3 Å². The number of para-hydroxylation sites is 1. The number of nitrogens with zero attached hydrogens (tertiary/aromatic N) is 1. The first-order valence-corrected chi connectivity index (χ1v) is 6.72. The molecule has 1 aromatic rings. The summed E-state index contributed by atoms with van der Waals surface area (Å²) in [5.41, 5.74) is 1.20. The van der Waals surface area contributed by atoms with Crippen LogP contribution >= 0.6 is 0 Å². The van der Waals surface area contributed by atoms with Gasteiger partial charge in [0.05, 0.1) is 13.2 Å². The minimum atomic E-state index is -0.771. The minimum absolute atomic E-state index is 0.0941. The average molecular weight is 263 g/mol. The Morgan fingerprint density at radius 2 is 2.21 bits per heavy atom. The van der Waals surface area contributed by atoms with Crippen LogP contribution in [0, 0.1) is 5.92 Å². The maximum atomic E-state index is 10.9. The molecule has 0 aliphatic carbocycles. The number of carboxylic acid groups (broad SMARTS) is 1. The number of benzene rings is 1. The molecule has 0 bridgehead atoms. The molecule has 1 atom stereocenters. The van der Waals surface area contributed by atoms with Gasteiger partial charge >= 0.3 is 5.97 Å². The highest BCUT2D eigenvalue weighted by Gasteiger charge is 2.26. The van der Waals surface area contributed by atoms with Crippen molar-refractivity contribution < 1.29 is 14.6 Å². The number of aliphatic carboxylic acids is 1. The highest BCUT2D eigenvalue weighted by Crippen LogP contribution is 2.33. The molecule has 0 saturated carbocycles. The Labute approximate surface area is 114 Å². The highest BCUT2D eigenvalue weighted by molar-refractivity contribution is 5.69. The van der Waals surface area contributed by atoms with Crippen LogP contribution in [-0.4, -0.2) is 42.2 Å². The van der Waals surface area contributed by atoms with E-state index in [4.69, 9.17) is 9.84 Å². The van der Waals surface area contributed by atoms with E-state index in [-0.39, 0.29) is 12.5 Å². The van der Waals surface area contributed by atoms with Crippen LogP contribution in [0.2, 0.25) is 0 Å². The second-order valence-corrected chi connectivity index (χ2v) is 5.53. The van der Waals surface area contributed by atoms with E-state index in [2.05, 4.69) is 19.9 Å². The van der Waals surface area contributed by atoms with Gasteiger partial charge in [-0.25, -0.2) is 0 Å². The normalized spacial score (nSPS) is 17.6. The Bertz CT molecular complexity index is 445. The Morgan fingerprint density at radius 3 is 2.89 bits per heavy atom. The molecule has 0 aromatic heterocycles. The second-order valence-electron chi connectivity index (χ2n) is 5.53. The number of ether oxygens (including phenoxy) is 1. The zero-order valence-electron chi connectivity index (χ0n) is 11.5. The Kier molecular flexibility index (Phi) is 4.43. The van der Waals surface area contributed by atoms with Gasteiger partial charge in [-0.15, -0.1) is 0 Å². The molecule has 104 valence electrons. The quantitative estimate of drug-likeness (QED) is 0.855. The zero-order chi connectivity index (χ0) is 13.8. The van der Waals surface area contributed by atoms with Gasteiger partial charge in [0.1, 0.15) is 5.75 Å². The van der Waals surface area contributed by atoms with Gasteiger partial charge in [0, 0.05) is 24.6 Å². The molecule has 19 heavy (non-hydrogen) atoms. The molecular weight excluding hydrogens is 242 g/mol. The first-order chi connectivity index (χ1) is 9.06. The van der Waals surface area contributed by atoms with Crippen molar-refractivity contribution in [1.29, 1.82) is 0 Å². The van der Waals surface area contributed by atoms with Gasteiger partial charge in [0.25, 0.3) is 0 Å². The predicted molar refractivity (Wildman–Crippen MR) is 73.6 cm³/mol. The monoisotopic (exact) mass is 263 g/mol. The molecule has 1 aliphatic heterocycles. The average Bonchev–Trinajstić information content (AvgIpc) is 2.71. The van der Waals surface area contributed by atoms with Crippen molar-refractivity contribution in [2.24, 2.45) is 5.92 Å². The topological polar surface area (TPSA) is 49.8 Å². The maximum absolute atomic E-state index is 10.9. The number of rotatable bonds is 6. The predicted octanol–water partition coefficient (Wildman–Crippen LogP) is 2.21. The van der Waals surface area contributed by atoms with Gasteiger partial charge in [-0.05, 0) is 12.0 Å². The molecule has 4 nitrogen and oxygen atoms in total. The van der Waals surface area contributed by atoms with Crippen molar-refractivity contribution in [3.8, 4) is 5.75 Å². The van der Waals surface area contributed by atoms with Crippen molar-refractivity contribution in [2.45, 2.75) is 19.8 Å². The summed E-state index contributed by atoms with van der Waals surface area (Å²) in [7, 11) is 0. The SMILES string of the molecule is CC(C)CN(CC(=O)O)CC1COc2ccccc21. The Morgan fingerprint density at radius 1 is 1.47 bits per heavy atom. The molecule has 1 heterocycles. The van der Waals surface area contributed by atoms with Crippen LogP contribution in [0.5, 0.6) is 5.75 Å². The van der Waals surface area contributed by atoms with Gasteiger partial charge in [-0.3, -0.25) is 9.69 Å². The molecule has 1 aliphatic rings. The summed E-state index contributed by atoms with van der Waals surface area (Å²) in [4.78, 5) is 12.9. The summed E-state index contributed by atoms with van der Waals surface area (Å²) in [5, 5.41) is 8.99. The molecule has 1 unspecified atom stereocenters. The smallest absolute Gasteiger partial charge is 0.317 e. The molecule has 4 heteroatoms. The third kappa shape index (κ3) is 3.70. The largest absolute Gasteiger partial charge is 0.493 e. The minimum Gasteiger partial charge on any atom is -0.493 e. The van der Waals surface area contributed by atoms with Crippen LogP contribution in [0.4, 0.5) is 0 Å². The van der Waals surface area contributed by atoms with E-state index in [1.807, 2.05) is 23.1 Å². The molecule has 2 rings (SSSR count). The Balaban J connectivity index is 2.03. The Hall–Kier alpha value is -1.55. The molecule has 0 spiro atoms. The van der Waals surface area contributed by atoms with Crippen molar-refractivity contribution in [3.63, 3.8) is 0 Å². The summed E-state index contributed by atoms with van der Waals surface area (Å²) >= 11 is 0. The molecule has 1 N–H and O–H groups in total. The van der Waals surface area contributed by atoms with Crippen molar-refractivity contribution in [3.05, 3.63) is 29.8 Å². The lowest BCUT2D eigenvalue weighted by Crippen LogP contribution is -2.36. The fourth-order valence-corrected chi connectivity index (χ4v) is 2.60. The van der Waals surface area contributed by atoms with E-state index < -0.39 is 5.97 Å². The van der Waals surface area contributed by atoms with Crippen molar-refractivity contribution in [1.82, 2.24) is 4.90 Å². The van der Waals surface area contributed by atoms with E-state index in [9.17, 15) is 4.79 Å². The maximum Gasteiger partial charge on any atom is 0.317 e. The second kappa shape index (κ2) is 6.06. The number of fused-ring (bicyclic) bond motifs is 1. The fourth-order valence-electron chi connectivity index (χ4n) is 2.60. The summed E-state index contributed by atoms with van der Waals surface area (Å²) in [6.07, 6.45) is 0. The van der Waals surface area contributed by atoms with Crippen LogP contribution < -0.4 is 4.74 Å². The molecule has 0 radical (unpaired) electrons. The van der Waals surface area contributed by atoms with Crippen molar-refractivity contribution >= 4 is 5.97 Å². The van der Waals surface area contributed by atoms with E-state index in [1.54, 1.807) is 0 Å². The van der Waals surface area contributed by atoms with E-state index >= 15 is 0 Å². The number of carbonyl (C=O) groups is 1. The molecule has 0 fully saturated rings. The van der Waals surface area contributed by atoms with Gasteiger partial charge in [0.2, 0.25) is 0 Å². The molecular formula is C15H21NO3. The van der Waals surface area contributed by atoms with Gasteiger partial charge in [-0.2, -0.15) is 0 Å². The zero-order valence-corrected chi connectivity index (χ0v) is 11.5.